The summed E-state index contributed by atoms with van der Waals surface area (Å²) in [6, 6.07) is 15.1. The number of carbonyl (C=O) groups excluding carboxylic acids is 1. The van der Waals surface area contributed by atoms with E-state index in [1.54, 1.807) is 18.7 Å². The van der Waals surface area contributed by atoms with Crippen molar-refractivity contribution in [3.63, 3.8) is 0 Å². The van der Waals surface area contributed by atoms with Crippen LogP contribution in [0.25, 0.3) is 11.1 Å². The molecule has 2 nitrogen and oxygen atoms in total. The molecular weight excluding hydrogens is 308 g/mol. The number of para-hydroxylation sites is 1. The van der Waals surface area contributed by atoms with Crippen LogP contribution in [0.2, 0.25) is 0 Å². The van der Waals surface area contributed by atoms with Gasteiger partial charge in [-0.15, -0.1) is 0 Å². The summed E-state index contributed by atoms with van der Waals surface area (Å²) in [5, 5.41) is 0. The summed E-state index contributed by atoms with van der Waals surface area (Å²) in [5.74, 6) is 0.775. The predicted molar refractivity (Wildman–Crippen MR) is 105 cm³/mol. The zero-order valence-electron chi connectivity index (χ0n) is 15.5. The Balaban J connectivity index is 0.000000212. The fourth-order valence-electron chi connectivity index (χ4n) is 2.86. The Bertz CT molecular complexity index is 797. The lowest BCUT2D eigenvalue weighted by atomic mass is 9.95. The fraction of sp³-hybridized carbons (Fsp3) is 0.261. The van der Waals surface area contributed by atoms with Crippen LogP contribution in [-0.4, -0.2) is 13.4 Å². The molecule has 0 heterocycles. The van der Waals surface area contributed by atoms with Gasteiger partial charge in [-0.25, -0.2) is 0 Å². The number of aldehydes is 1. The van der Waals surface area contributed by atoms with Crippen LogP contribution < -0.4 is 4.74 Å². The molecule has 130 valence electrons. The highest BCUT2D eigenvalue weighted by Crippen LogP contribution is 2.31. The Morgan fingerprint density at radius 1 is 0.880 bits per heavy atom. The van der Waals surface area contributed by atoms with Crippen molar-refractivity contribution in [3.8, 4) is 16.9 Å². The van der Waals surface area contributed by atoms with E-state index in [0.29, 0.717) is 5.56 Å². The van der Waals surface area contributed by atoms with E-state index in [4.69, 9.17) is 4.74 Å². The van der Waals surface area contributed by atoms with E-state index in [0.717, 1.165) is 23.2 Å². The molecule has 0 amide bonds. The summed E-state index contributed by atoms with van der Waals surface area (Å²) in [6.07, 6.45) is 5.69. The van der Waals surface area contributed by atoms with Gasteiger partial charge in [0, 0.05) is 11.1 Å². The van der Waals surface area contributed by atoms with Crippen molar-refractivity contribution in [1.82, 2.24) is 0 Å². The van der Waals surface area contributed by atoms with Gasteiger partial charge in [0.15, 0.2) is 6.29 Å². The van der Waals surface area contributed by atoms with Crippen molar-refractivity contribution in [2.24, 2.45) is 0 Å². The van der Waals surface area contributed by atoms with Crippen LogP contribution in [0.1, 0.15) is 44.0 Å². The maximum absolute atomic E-state index is 11.0. The molecule has 0 N–H and O–H groups in total. The second-order valence-corrected chi connectivity index (χ2v) is 6.36. The quantitative estimate of drug-likeness (QED) is 0.621. The van der Waals surface area contributed by atoms with Crippen LogP contribution in [0.5, 0.6) is 5.75 Å². The van der Waals surface area contributed by atoms with Crippen LogP contribution in [0.4, 0.5) is 0 Å². The minimum Gasteiger partial charge on any atom is -0.496 e. The molecule has 0 unspecified atom stereocenters. The van der Waals surface area contributed by atoms with Crippen LogP contribution >= 0.6 is 0 Å². The average Bonchev–Trinajstić information content (AvgIpc) is 2.65. The molecule has 0 saturated carbocycles. The molecule has 0 spiro atoms. The molecule has 0 aliphatic heterocycles. The number of hydrogen-bond acceptors (Lipinski definition) is 2. The minimum atomic E-state index is 0.673. The van der Waals surface area contributed by atoms with Gasteiger partial charge in [-0.2, -0.15) is 0 Å². The Hall–Kier alpha value is -2.61. The van der Waals surface area contributed by atoms with Crippen molar-refractivity contribution in [1.29, 1.82) is 0 Å². The first-order chi connectivity index (χ1) is 12.1. The lowest BCUT2D eigenvalue weighted by molar-refractivity contribution is 0.112. The fourth-order valence-corrected chi connectivity index (χ4v) is 2.86. The van der Waals surface area contributed by atoms with E-state index in [2.05, 4.69) is 26.8 Å². The highest BCUT2D eigenvalue weighted by atomic mass is 16.5. The number of benzene rings is 2. The van der Waals surface area contributed by atoms with E-state index in [9.17, 15) is 4.79 Å². The van der Waals surface area contributed by atoms with Crippen molar-refractivity contribution >= 4 is 6.29 Å². The molecule has 2 aromatic carbocycles. The third kappa shape index (κ3) is 4.93. The first kappa shape index (κ1) is 18.7. The van der Waals surface area contributed by atoms with Crippen molar-refractivity contribution in [2.45, 2.75) is 33.6 Å². The second-order valence-electron chi connectivity index (χ2n) is 6.36. The van der Waals surface area contributed by atoms with E-state index in [-0.39, 0.29) is 0 Å². The highest BCUT2D eigenvalue weighted by molar-refractivity contribution is 5.89. The first-order valence-electron chi connectivity index (χ1n) is 8.58. The summed E-state index contributed by atoms with van der Waals surface area (Å²) in [5.41, 5.74) is 7.06. The second kappa shape index (κ2) is 9.03. The Morgan fingerprint density at radius 2 is 1.52 bits per heavy atom. The topological polar surface area (TPSA) is 26.3 Å². The van der Waals surface area contributed by atoms with E-state index in [1.807, 2.05) is 42.5 Å². The molecule has 0 radical (unpaired) electrons. The van der Waals surface area contributed by atoms with E-state index < -0.39 is 0 Å². The number of rotatable bonds is 3. The number of hydrogen-bond donors (Lipinski definition) is 0. The monoisotopic (exact) mass is 334 g/mol. The molecule has 0 saturated heterocycles. The smallest absolute Gasteiger partial charge is 0.150 e. The van der Waals surface area contributed by atoms with Gasteiger partial charge in [0.05, 0.1) is 7.11 Å². The summed E-state index contributed by atoms with van der Waals surface area (Å²) >= 11 is 0. The largest absolute Gasteiger partial charge is 0.496 e. The first-order valence-corrected chi connectivity index (χ1v) is 8.58. The minimum absolute atomic E-state index is 0.673. The van der Waals surface area contributed by atoms with Crippen molar-refractivity contribution < 1.29 is 9.53 Å². The maximum atomic E-state index is 11.0. The molecule has 3 rings (SSSR count). The van der Waals surface area contributed by atoms with Crippen LogP contribution in [0.3, 0.4) is 0 Å². The van der Waals surface area contributed by atoms with Crippen molar-refractivity contribution in [2.75, 3.05) is 7.11 Å². The maximum Gasteiger partial charge on any atom is 0.150 e. The van der Waals surface area contributed by atoms with Crippen molar-refractivity contribution in [3.05, 3.63) is 76.9 Å². The zero-order valence-corrected chi connectivity index (χ0v) is 15.5. The molecule has 0 atom stereocenters. The van der Waals surface area contributed by atoms with Crippen LogP contribution in [0, 0.1) is 0 Å². The average molecular weight is 334 g/mol. The van der Waals surface area contributed by atoms with Gasteiger partial charge in [-0.05, 0) is 45.2 Å². The van der Waals surface area contributed by atoms with Crippen LogP contribution in [-0.2, 0) is 0 Å². The molecule has 2 heteroatoms. The molecule has 1 aliphatic carbocycles. The molecular formula is C23H26O2. The molecule has 0 bridgehead atoms. The predicted octanol–water partition coefficient (Wildman–Crippen LogP) is 6.24. The van der Waals surface area contributed by atoms with Gasteiger partial charge in [-0.1, -0.05) is 65.3 Å². The third-order valence-corrected chi connectivity index (χ3v) is 4.52. The number of methoxy groups -OCH3 is 1. The Kier molecular flexibility index (Phi) is 6.76. The van der Waals surface area contributed by atoms with E-state index >= 15 is 0 Å². The normalized spacial score (nSPS) is 13.5. The summed E-state index contributed by atoms with van der Waals surface area (Å²) in [7, 11) is 1.63. The lowest BCUT2D eigenvalue weighted by Crippen LogP contribution is -1.91. The van der Waals surface area contributed by atoms with Gasteiger partial charge >= 0.3 is 0 Å². The van der Waals surface area contributed by atoms with Gasteiger partial charge in [-0.3, -0.25) is 4.79 Å². The lowest BCUT2D eigenvalue weighted by Gasteiger charge is -2.11. The standard InChI is InChI=1S/C14H12O2.C9H14/c1-16-14-9-5-4-8-13(14)12-7-3-2-6-11(12)10-15;1-7-4-5-8(2)9(3)6-7/h2-10H,1H3;6H,4-5H2,1-3H3. The van der Waals surface area contributed by atoms with Gasteiger partial charge in [0.25, 0.3) is 0 Å². The zero-order chi connectivity index (χ0) is 18.2. The number of carbonyl (C=O) groups is 1. The molecule has 25 heavy (non-hydrogen) atoms. The van der Waals surface area contributed by atoms with Gasteiger partial charge in [0.1, 0.15) is 5.75 Å². The van der Waals surface area contributed by atoms with Gasteiger partial charge in [0.2, 0.25) is 0 Å². The van der Waals surface area contributed by atoms with Gasteiger partial charge < -0.3 is 4.74 Å². The summed E-state index contributed by atoms with van der Waals surface area (Å²) < 4.78 is 5.28. The molecule has 1 aliphatic rings. The van der Waals surface area contributed by atoms with Crippen LogP contribution in [0.15, 0.2) is 71.3 Å². The Morgan fingerprint density at radius 3 is 2.12 bits per heavy atom. The summed E-state index contributed by atoms with van der Waals surface area (Å²) in [6.45, 7) is 6.62. The molecule has 2 aromatic rings. The highest BCUT2D eigenvalue weighted by Gasteiger charge is 2.08. The third-order valence-electron chi connectivity index (χ3n) is 4.52. The Labute approximate surface area is 150 Å². The number of ether oxygens (including phenoxy) is 1. The number of allylic oxidation sites excluding steroid dienone is 4. The molecule has 0 aromatic heterocycles. The summed E-state index contributed by atoms with van der Waals surface area (Å²) in [4.78, 5) is 11.0. The molecule has 0 fully saturated rings. The SMILES string of the molecule is CC1=CC(C)=C(C)CC1.COc1ccccc1-c1ccccc1C=O. The van der Waals surface area contributed by atoms with E-state index in [1.165, 1.54) is 24.0 Å².